The normalized spacial score (nSPS) is 11.9. The van der Waals surface area contributed by atoms with E-state index in [0.717, 1.165) is 11.1 Å². The Bertz CT molecular complexity index is 1280. The second kappa shape index (κ2) is 9.08. The molecule has 0 aliphatic heterocycles. The first kappa shape index (κ1) is 23.4. The molecule has 0 aromatic heterocycles. The molecule has 0 atom stereocenters. The molecule has 0 amide bonds. The fourth-order valence-electron chi connectivity index (χ4n) is 2.95. The molecule has 3 rings (SSSR count). The van der Waals surface area contributed by atoms with Gasteiger partial charge < -0.3 is 0 Å². The summed E-state index contributed by atoms with van der Waals surface area (Å²) in [5.74, 6) is -0.417. The number of sulfonamides is 2. The molecule has 0 fully saturated rings. The first-order valence-corrected chi connectivity index (χ1v) is 13.0. The molecule has 0 unspecified atom stereocenters. The molecule has 6 nitrogen and oxygen atoms in total. The van der Waals surface area contributed by atoms with Crippen molar-refractivity contribution in [2.24, 2.45) is 0 Å². The van der Waals surface area contributed by atoms with Crippen LogP contribution in [-0.2, 0) is 25.8 Å². The maximum absolute atomic E-state index is 12.7. The van der Waals surface area contributed by atoms with E-state index in [2.05, 4.69) is 9.44 Å². The number of anilines is 2. The number of hydrogen-bond acceptors (Lipinski definition) is 4. The van der Waals surface area contributed by atoms with Crippen molar-refractivity contribution in [2.75, 3.05) is 9.44 Å². The van der Waals surface area contributed by atoms with E-state index in [4.69, 9.17) is 23.2 Å². The molecule has 10 heteroatoms. The molecule has 0 aliphatic carbocycles. The predicted octanol–water partition coefficient (Wildman–Crippen LogP) is 5.35. The van der Waals surface area contributed by atoms with Crippen molar-refractivity contribution >= 4 is 54.6 Å². The van der Waals surface area contributed by atoms with Gasteiger partial charge in [-0.15, -0.1) is 0 Å². The van der Waals surface area contributed by atoms with Crippen LogP contribution in [0.1, 0.15) is 16.7 Å². The van der Waals surface area contributed by atoms with Gasteiger partial charge in [0.1, 0.15) is 0 Å². The molecule has 0 spiro atoms. The Morgan fingerprint density at radius 1 is 0.742 bits per heavy atom. The number of rotatable bonds is 7. The van der Waals surface area contributed by atoms with E-state index >= 15 is 0 Å². The van der Waals surface area contributed by atoms with Gasteiger partial charge in [-0.3, -0.25) is 9.44 Å². The van der Waals surface area contributed by atoms with Crippen molar-refractivity contribution in [3.63, 3.8) is 0 Å². The SMILES string of the molecule is Cc1cccc(C)c1NS(=O)(=O)c1ccc(NS(=O)(=O)Cc2c(Cl)cccc2Cl)cc1. The zero-order chi connectivity index (χ0) is 22.8. The zero-order valence-corrected chi connectivity index (χ0v) is 19.8. The fourth-order valence-corrected chi connectivity index (χ4v) is 6.10. The van der Waals surface area contributed by atoms with Gasteiger partial charge in [-0.2, -0.15) is 0 Å². The molecule has 3 aromatic carbocycles. The summed E-state index contributed by atoms with van der Waals surface area (Å²) in [5, 5.41) is 0.494. The summed E-state index contributed by atoms with van der Waals surface area (Å²) in [6.45, 7) is 3.63. The van der Waals surface area contributed by atoms with E-state index in [1.54, 1.807) is 18.2 Å². The Morgan fingerprint density at radius 3 is 1.81 bits per heavy atom. The van der Waals surface area contributed by atoms with Crippen molar-refractivity contribution in [3.8, 4) is 0 Å². The van der Waals surface area contributed by atoms with Gasteiger partial charge in [0.15, 0.2) is 0 Å². The van der Waals surface area contributed by atoms with E-state index in [0.29, 0.717) is 5.69 Å². The molecular formula is C21H20Cl2N2O4S2. The average molecular weight is 499 g/mol. The monoisotopic (exact) mass is 498 g/mol. The van der Waals surface area contributed by atoms with Crippen LogP contribution in [0.3, 0.4) is 0 Å². The Balaban J connectivity index is 1.78. The second-order valence-corrected chi connectivity index (χ2v) is 11.2. The lowest BCUT2D eigenvalue weighted by Gasteiger charge is -2.14. The van der Waals surface area contributed by atoms with Crippen LogP contribution < -0.4 is 9.44 Å². The van der Waals surface area contributed by atoms with Crippen molar-refractivity contribution < 1.29 is 16.8 Å². The van der Waals surface area contributed by atoms with Crippen LogP contribution in [0, 0.1) is 13.8 Å². The lowest BCUT2D eigenvalue weighted by atomic mass is 10.1. The summed E-state index contributed by atoms with van der Waals surface area (Å²) in [5.41, 5.74) is 2.62. The summed E-state index contributed by atoms with van der Waals surface area (Å²) in [7, 11) is -7.67. The van der Waals surface area contributed by atoms with E-state index in [1.807, 2.05) is 32.0 Å². The number of hydrogen-bond donors (Lipinski definition) is 2. The summed E-state index contributed by atoms with van der Waals surface area (Å²) in [6.07, 6.45) is 0. The molecule has 2 N–H and O–H groups in total. The fraction of sp³-hybridized carbons (Fsp3) is 0.143. The Kier molecular flexibility index (Phi) is 6.85. The van der Waals surface area contributed by atoms with Crippen LogP contribution in [-0.4, -0.2) is 16.8 Å². The highest BCUT2D eigenvalue weighted by Crippen LogP contribution is 2.27. The maximum Gasteiger partial charge on any atom is 0.261 e. The molecule has 3 aromatic rings. The van der Waals surface area contributed by atoms with E-state index in [1.165, 1.54) is 24.3 Å². The zero-order valence-electron chi connectivity index (χ0n) is 16.7. The number of benzene rings is 3. The van der Waals surface area contributed by atoms with Crippen molar-refractivity contribution in [1.29, 1.82) is 0 Å². The van der Waals surface area contributed by atoms with Crippen LogP contribution in [0.4, 0.5) is 11.4 Å². The first-order chi connectivity index (χ1) is 14.5. The third-order valence-electron chi connectivity index (χ3n) is 4.55. The summed E-state index contributed by atoms with van der Waals surface area (Å²) in [4.78, 5) is 0.00671. The Labute approximate surface area is 192 Å². The average Bonchev–Trinajstić information content (AvgIpc) is 2.68. The third kappa shape index (κ3) is 5.71. The highest BCUT2D eigenvalue weighted by molar-refractivity contribution is 7.92. The van der Waals surface area contributed by atoms with Crippen LogP contribution in [0.5, 0.6) is 0 Å². The van der Waals surface area contributed by atoms with Crippen LogP contribution in [0.25, 0.3) is 0 Å². The smallest absolute Gasteiger partial charge is 0.261 e. The number of para-hydroxylation sites is 1. The highest BCUT2D eigenvalue weighted by Gasteiger charge is 2.19. The van der Waals surface area contributed by atoms with Gasteiger partial charge >= 0.3 is 0 Å². The van der Waals surface area contributed by atoms with E-state index in [9.17, 15) is 16.8 Å². The predicted molar refractivity (Wildman–Crippen MR) is 126 cm³/mol. The van der Waals surface area contributed by atoms with Crippen LogP contribution in [0.2, 0.25) is 10.0 Å². The minimum Gasteiger partial charge on any atom is -0.283 e. The quantitative estimate of drug-likeness (QED) is 0.458. The molecule has 164 valence electrons. The number of halogens is 2. The molecular weight excluding hydrogens is 479 g/mol. The van der Waals surface area contributed by atoms with Crippen molar-refractivity contribution in [2.45, 2.75) is 24.5 Å². The van der Waals surface area contributed by atoms with Crippen molar-refractivity contribution in [3.05, 3.63) is 87.4 Å². The molecule has 0 saturated carbocycles. The lowest BCUT2D eigenvalue weighted by Crippen LogP contribution is -2.16. The minimum absolute atomic E-state index is 0.00671. The number of nitrogens with one attached hydrogen (secondary N) is 2. The lowest BCUT2D eigenvalue weighted by molar-refractivity contribution is 0.599. The summed E-state index contributed by atoms with van der Waals surface area (Å²) >= 11 is 12.1. The standard InChI is InChI=1S/C21H20Cl2N2O4S2/c1-14-5-3-6-15(2)21(14)25-31(28,29)17-11-9-16(10-12-17)24-30(26,27)13-18-19(22)7-4-8-20(18)23/h3-12,24-25H,13H2,1-2H3. The minimum atomic E-state index is -3.84. The van der Waals surface area contributed by atoms with Gasteiger partial charge in [0.2, 0.25) is 10.0 Å². The molecule has 0 saturated heterocycles. The number of aryl methyl sites for hydroxylation is 2. The van der Waals surface area contributed by atoms with Gasteiger partial charge in [0, 0.05) is 21.3 Å². The molecule has 0 heterocycles. The molecule has 0 aliphatic rings. The van der Waals surface area contributed by atoms with Gasteiger partial charge in [0.05, 0.1) is 16.3 Å². The van der Waals surface area contributed by atoms with E-state index in [-0.39, 0.29) is 26.2 Å². The largest absolute Gasteiger partial charge is 0.283 e. The van der Waals surface area contributed by atoms with Crippen LogP contribution >= 0.6 is 23.2 Å². The molecule has 0 bridgehead atoms. The molecule has 31 heavy (non-hydrogen) atoms. The second-order valence-electron chi connectivity index (χ2n) is 6.96. The van der Waals surface area contributed by atoms with Crippen molar-refractivity contribution in [1.82, 2.24) is 0 Å². The first-order valence-electron chi connectivity index (χ1n) is 9.11. The van der Waals surface area contributed by atoms with Gasteiger partial charge in [-0.25, -0.2) is 16.8 Å². The van der Waals surface area contributed by atoms with Gasteiger partial charge in [-0.1, -0.05) is 47.5 Å². The maximum atomic E-state index is 12.7. The van der Waals surface area contributed by atoms with E-state index < -0.39 is 25.8 Å². The van der Waals surface area contributed by atoms with Crippen LogP contribution in [0.15, 0.2) is 65.6 Å². The van der Waals surface area contributed by atoms with Gasteiger partial charge in [-0.05, 0) is 61.4 Å². The Hall–Kier alpha value is -2.26. The summed E-state index contributed by atoms with van der Waals surface area (Å²) in [6, 6.07) is 15.6. The highest BCUT2D eigenvalue weighted by atomic mass is 35.5. The summed E-state index contributed by atoms with van der Waals surface area (Å²) < 4.78 is 55.5. The molecule has 0 radical (unpaired) electrons. The van der Waals surface area contributed by atoms with Gasteiger partial charge in [0.25, 0.3) is 10.0 Å². The topological polar surface area (TPSA) is 92.3 Å². The Morgan fingerprint density at radius 2 is 1.26 bits per heavy atom. The third-order valence-corrected chi connectivity index (χ3v) is 7.84.